The van der Waals surface area contributed by atoms with E-state index in [0.717, 1.165) is 16.8 Å². The molecule has 0 heterocycles. The molecule has 1 amide bonds. The second-order valence-corrected chi connectivity index (χ2v) is 6.41. The number of rotatable bonds is 6. The molecular formula is C23H23NO3. The van der Waals surface area contributed by atoms with Gasteiger partial charge in [0.15, 0.2) is 11.5 Å². The van der Waals surface area contributed by atoms with Crippen molar-refractivity contribution in [1.82, 2.24) is 0 Å². The number of methoxy groups -OCH3 is 1. The number of benzene rings is 3. The normalized spacial score (nSPS) is 10.3. The van der Waals surface area contributed by atoms with Gasteiger partial charge < -0.3 is 14.8 Å². The van der Waals surface area contributed by atoms with E-state index in [1.54, 1.807) is 19.2 Å². The van der Waals surface area contributed by atoms with Gasteiger partial charge in [-0.1, -0.05) is 42.0 Å². The van der Waals surface area contributed by atoms with E-state index in [1.165, 1.54) is 5.56 Å². The van der Waals surface area contributed by atoms with Crippen LogP contribution in [0, 0.1) is 13.8 Å². The lowest BCUT2D eigenvalue weighted by Gasteiger charge is -2.11. The summed E-state index contributed by atoms with van der Waals surface area (Å²) in [5.74, 6) is 1.26. The van der Waals surface area contributed by atoms with Crippen molar-refractivity contribution in [1.29, 1.82) is 0 Å². The highest BCUT2D eigenvalue weighted by Gasteiger charge is 2.08. The largest absolute Gasteiger partial charge is 0.493 e. The maximum Gasteiger partial charge on any atom is 0.255 e. The van der Waals surface area contributed by atoms with Crippen LogP contribution in [0.1, 0.15) is 27.0 Å². The first-order chi connectivity index (χ1) is 13.1. The third-order valence-electron chi connectivity index (χ3n) is 4.31. The van der Waals surface area contributed by atoms with Gasteiger partial charge in [-0.3, -0.25) is 4.79 Å². The van der Waals surface area contributed by atoms with E-state index in [9.17, 15) is 4.79 Å². The Kier molecular flexibility index (Phi) is 5.77. The fraction of sp³-hybridized carbons (Fsp3) is 0.174. The van der Waals surface area contributed by atoms with Crippen LogP contribution < -0.4 is 14.8 Å². The summed E-state index contributed by atoms with van der Waals surface area (Å²) in [6.45, 7) is 4.42. The first-order valence-corrected chi connectivity index (χ1v) is 8.80. The average molecular weight is 361 g/mol. The topological polar surface area (TPSA) is 47.6 Å². The highest BCUT2D eigenvalue weighted by atomic mass is 16.5. The second kappa shape index (κ2) is 8.41. The van der Waals surface area contributed by atoms with Gasteiger partial charge in [0.1, 0.15) is 6.61 Å². The van der Waals surface area contributed by atoms with Crippen LogP contribution in [0.15, 0.2) is 66.7 Å². The summed E-state index contributed by atoms with van der Waals surface area (Å²) in [7, 11) is 1.62. The Hall–Kier alpha value is -3.27. The van der Waals surface area contributed by atoms with Crippen molar-refractivity contribution in [3.05, 3.63) is 89.0 Å². The van der Waals surface area contributed by atoms with Crippen molar-refractivity contribution in [3.8, 4) is 11.5 Å². The molecule has 0 spiro atoms. The molecule has 0 bridgehead atoms. The number of anilines is 1. The Labute approximate surface area is 159 Å². The first kappa shape index (κ1) is 18.5. The van der Waals surface area contributed by atoms with Crippen molar-refractivity contribution in [2.45, 2.75) is 20.5 Å². The Morgan fingerprint density at radius 1 is 0.926 bits per heavy atom. The molecule has 0 aliphatic heterocycles. The van der Waals surface area contributed by atoms with Gasteiger partial charge in [-0.2, -0.15) is 0 Å². The minimum Gasteiger partial charge on any atom is -0.493 e. The van der Waals surface area contributed by atoms with Crippen LogP contribution in [0.2, 0.25) is 0 Å². The zero-order chi connectivity index (χ0) is 19.2. The maximum atomic E-state index is 12.5. The van der Waals surface area contributed by atoms with Gasteiger partial charge in [-0.25, -0.2) is 0 Å². The molecule has 4 heteroatoms. The lowest BCUT2D eigenvalue weighted by Crippen LogP contribution is -2.13. The molecular weight excluding hydrogens is 338 g/mol. The van der Waals surface area contributed by atoms with E-state index >= 15 is 0 Å². The summed E-state index contributed by atoms with van der Waals surface area (Å²) in [5, 5.41) is 2.96. The van der Waals surface area contributed by atoms with E-state index in [2.05, 4.69) is 5.32 Å². The summed E-state index contributed by atoms with van der Waals surface area (Å²) >= 11 is 0. The molecule has 27 heavy (non-hydrogen) atoms. The average Bonchev–Trinajstić information content (AvgIpc) is 2.69. The zero-order valence-corrected chi connectivity index (χ0v) is 15.8. The Balaban J connectivity index is 1.63. The summed E-state index contributed by atoms with van der Waals surface area (Å²) in [5.41, 5.74) is 4.63. The Morgan fingerprint density at radius 2 is 1.63 bits per heavy atom. The van der Waals surface area contributed by atoms with Crippen molar-refractivity contribution in [2.75, 3.05) is 12.4 Å². The highest BCUT2D eigenvalue weighted by molar-refractivity contribution is 6.04. The van der Waals surface area contributed by atoms with Crippen LogP contribution in [-0.4, -0.2) is 13.0 Å². The van der Waals surface area contributed by atoms with Crippen LogP contribution in [0.4, 0.5) is 5.69 Å². The standard InChI is InChI=1S/C23H23NO3/c1-16-8-13-20(17(2)14-16)24-23(25)19-11-9-18(10-12-19)15-27-22-7-5-4-6-21(22)26-3/h4-14H,15H2,1-3H3,(H,24,25). The fourth-order valence-electron chi connectivity index (χ4n) is 2.80. The minimum atomic E-state index is -0.126. The lowest BCUT2D eigenvalue weighted by molar-refractivity contribution is 0.102. The van der Waals surface area contributed by atoms with Gasteiger partial charge >= 0.3 is 0 Å². The van der Waals surface area contributed by atoms with Crippen molar-refractivity contribution in [3.63, 3.8) is 0 Å². The molecule has 138 valence electrons. The molecule has 4 nitrogen and oxygen atoms in total. The molecule has 3 rings (SSSR count). The zero-order valence-electron chi connectivity index (χ0n) is 15.8. The van der Waals surface area contributed by atoms with E-state index in [-0.39, 0.29) is 5.91 Å². The number of carbonyl (C=O) groups excluding carboxylic acids is 1. The molecule has 3 aromatic carbocycles. The van der Waals surface area contributed by atoms with Gasteiger partial charge in [-0.05, 0) is 55.3 Å². The third kappa shape index (κ3) is 4.67. The fourth-order valence-corrected chi connectivity index (χ4v) is 2.80. The molecule has 1 N–H and O–H groups in total. The van der Waals surface area contributed by atoms with Gasteiger partial charge in [0.05, 0.1) is 7.11 Å². The van der Waals surface area contributed by atoms with Gasteiger partial charge in [0, 0.05) is 11.3 Å². The molecule has 0 saturated heterocycles. The monoisotopic (exact) mass is 361 g/mol. The smallest absolute Gasteiger partial charge is 0.255 e. The molecule has 0 radical (unpaired) electrons. The first-order valence-electron chi connectivity index (χ1n) is 8.80. The van der Waals surface area contributed by atoms with Gasteiger partial charge in [0.2, 0.25) is 0 Å². The quantitative estimate of drug-likeness (QED) is 0.661. The Morgan fingerprint density at radius 3 is 2.30 bits per heavy atom. The molecule has 0 aliphatic carbocycles. The van der Waals surface area contributed by atoms with Crippen LogP contribution in [-0.2, 0) is 6.61 Å². The molecule has 0 aliphatic rings. The lowest BCUT2D eigenvalue weighted by atomic mass is 10.1. The molecule has 0 fully saturated rings. The van der Waals surface area contributed by atoms with E-state index in [1.807, 2.05) is 68.4 Å². The van der Waals surface area contributed by atoms with E-state index in [4.69, 9.17) is 9.47 Å². The van der Waals surface area contributed by atoms with Crippen molar-refractivity contribution >= 4 is 11.6 Å². The van der Waals surface area contributed by atoms with Gasteiger partial charge in [0.25, 0.3) is 5.91 Å². The molecule has 3 aromatic rings. The highest BCUT2D eigenvalue weighted by Crippen LogP contribution is 2.26. The number of ether oxygens (including phenoxy) is 2. The molecule has 0 aromatic heterocycles. The number of para-hydroxylation sites is 2. The van der Waals surface area contributed by atoms with E-state index in [0.29, 0.717) is 23.7 Å². The van der Waals surface area contributed by atoms with Gasteiger partial charge in [-0.15, -0.1) is 0 Å². The summed E-state index contributed by atoms with van der Waals surface area (Å²) in [4.78, 5) is 12.5. The van der Waals surface area contributed by atoms with Crippen LogP contribution in [0.25, 0.3) is 0 Å². The summed E-state index contributed by atoms with van der Waals surface area (Å²) in [6, 6.07) is 20.9. The van der Waals surface area contributed by atoms with Crippen molar-refractivity contribution < 1.29 is 14.3 Å². The minimum absolute atomic E-state index is 0.126. The number of carbonyl (C=O) groups is 1. The number of hydrogen-bond acceptors (Lipinski definition) is 3. The number of nitrogens with one attached hydrogen (secondary N) is 1. The molecule has 0 atom stereocenters. The summed E-state index contributed by atoms with van der Waals surface area (Å²) in [6.07, 6.45) is 0. The Bertz CT molecular complexity index is 933. The second-order valence-electron chi connectivity index (χ2n) is 6.41. The van der Waals surface area contributed by atoms with Crippen molar-refractivity contribution in [2.24, 2.45) is 0 Å². The molecule has 0 saturated carbocycles. The van der Waals surface area contributed by atoms with Crippen LogP contribution >= 0.6 is 0 Å². The maximum absolute atomic E-state index is 12.5. The number of amides is 1. The number of hydrogen-bond donors (Lipinski definition) is 1. The predicted molar refractivity (Wildman–Crippen MR) is 108 cm³/mol. The SMILES string of the molecule is COc1ccccc1OCc1ccc(C(=O)Nc2ccc(C)cc2C)cc1. The third-order valence-corrected chi connectivity index (χ3v) is 4.31. The van der Waals surface area contributed by atoms with Crippen LogP contribution in [0.5, 0.6) is 11.5 Å². The number of aryl methyl sites for hydroxylation is 2. The predicted octanol–water partition coefficient (Wildman–Crippen LogP) is 5.14. The molecule has 0 unspecified atom stereocenters. The van der Waals surface area contributed by atoms with E-state index < -0.39 is 0 Å². The van der Waals surface area contributed by atoms with Crippen LogP contribution in [0.3, 0.4) is 0 Å². The summed E-state index contributed by atoms with van der Waals surface area (Å²) < 4.78 is 11.1.